The van der Waals surface area contributed by atoms with E-state index in [0.717, 1.165) is 12.0 Å². The number of hydrogen-bond donors (Lipinski definition) is 1. The average molecular weight is 291 g/mol. The van der Waals surface area contributed by atoms with Crippen LogP contribution in [0.25, 0.3) is 0 Å². The summed E-state index contributed by atoms with van der Waals surface area (Å²) in [6, 6.07) is 7.95. The average Bonchev–Trinajstić information content (AvgIpc) is 2.52. The summed E-state index contributed by atoms with van der Waals surface area (Å²) in [7, 11) is 0. The Hall–Kier alpha value is -1.39. The highest BCUT2D eigenvalue weighted by molar-refractivity contribution is 5.74. The summed E-state index contributed by atoms with van der Waals surface area (Å²) in [5.74, 6) is -0.744. The van der Waals surface area contributed by atoms with E-state index in [0.29, 0.717) is 32.7 Å². The van der Waals surface area contributed by atoms with E-state index in [1.165, 1.54) is 18.4 Å². The Labute approximate surface area is 126 Å². The molecule has 1 saturated heterocycles. The van der Waals surface area contributed by atoms with Gasteiger partial charge in [-0.15, -0.1) is 0 Å². The van der Waals surface area contributed by atoms with Gasteiger partial charge in [-0.25, -0.2) is 0 Å². The van der Waals surface area contributed by atoms with Gasteiger partial charge in [0.25, 0.3) is 0 Å². The van der Waals surface area contributed by atoms with E-state index < -0.39 is 12.0 Å². The molecular weight excluding hydrogens is 266 g/mol. The predicted octanol–water partition coefficient (Wildman–Crippen LogP) is 2.36. The lowest BCUT2D eigenvalue weighted by molar-refractivity contribution is -0.145. The molecule has 1 atom stereocenters. The lowest BCUT2D eigenvalue weighted by Crippen LogP contribution is -2.48. The molecule has 0 amide bonds. The minimum absolute atomic E-state index is 0.449. The molecule has 2 rings (SSSR count). The molecule has 4 heteroatoms. The number of carbonyl (C=O) groups is 1. The van der Waals surface area contributed by atoms with Crippen LogP contribution in [0.3, 0.4) is 0 Å². The van der Waals surface area contributed by atoms with Crippen LogP contribution in [-0.2, 0) is 22.4 Å². The fourth-order valence-electron chi connectivity index (χ4n) is 2.71. The van der Waals surface area contributed by atoms with Crippen molar-refractivity contribution in [2.24, 2.45) is 0 Å². The molecule has 1 aliphatic heterocycles. The molecule has 0 unspecified atom stereocenters. The van der Waals surface area contributed by atoms with Gasteiger partial charge in [0, 0.05) is 13.1 Å². The van der Waals surface area contributed by atoms with Gasteiger partial charge >= 0.3 is 5.97 Å². The molecule has 0 radical (unpaired) electrons. The second-order valence-electron chi connectivity index (χ2n) is 5.63. The number of carboxylic acids is 1. The van der Waals surface area contributed by atoms with Crippen molar-refractivity contribution in [3.63, 3.8) is 0 Å². The quantitative estimate of drug-likeness (QED) is 0.838. The topological polar surface area (TPSA) is 49.8 Å². The van der Waals surface area contributed by atoms with E-state index in [4.69, 9.17) is 4.74 Å². The molecule has 116 valence electrons. The minimum atomic E-state index is -0.744. The largest absolute Gasteiger partial charge is 0.480 e. The number of ether oxygens (including phenoxy) is 1. The molecule has 1 aliphatic rings. The minimum Gasteiger partial charge on any atom is -0.480 e. The summed E-state index contributed by atoms with van der Waals surface area (Å²) in [5.41, 5.74) is 2.42. The first kappa shape index (κ1) is 16.0. The van der Waals surface area contributed by atoms with Crippen molar-refractivity contribution in [3.8, 4) is 0 Å². The Morgan fingerprint density at radius 1 is 1.24 bits per heavy atom. The van der Waals surface area contributed by atoms with Crippen LogP contribution in [0.4, 0.5) is 0 Å². The maximum Gasteiger partial charge on any atom is 0.321 e. The maximum atomic E-state index is 11.5. The molecule has 1 fully saturated rings. The Bertz CT molecular complexity index is 438. The van der Waals surface area contributed by atoms with E-state index in [2.05, 4.69) is 31.2 Å². The van der Waals surface area contributed by atoms with E-state index in [1.807, 2.05) is 4.90 Å². The first-order valence-electron chi connectivity index (χ1n) is 7.83. The van der Waals surface area contributed by atoms with Crippen molar-refractivity contribution in [2.75, 3.05) is 26.3 Å². The van der Waals surface area contributed by atoms with Crippen LogP contribution >= 0.6 is 0 Å². The van der Waals surface area contributed by atoms with Gasteiger partial charge in [-0.3, -0.25) is 9.69 Å². The zero-order chi connectivity index (χ0) is 15.1. The highest BCUT2D eigenvalue weighted by Gasteiger charge is 2.27. The molecule has 0 aromatic heterocycles. The first-order valence-corrected chi connectivity index (χ1v) is 7.83. The van der Waals surface area contributed by atoms with Crippen LogP contribution in [0.1, 0.15) is 30.9 Å². The summed E-state index contributed by atoms with van der Waals surface area (Å²) in [6.07, 6.45) is 4.05. The van der Waals surface area contributed by atoms with Crippen molar-refractivity contribution in [1.29, 1.82) is 0 Å². The van der Waals surface area contributed by atoms with Gasteiger partial charge in [-0.1, -0.05) is 37.6 Å². The van der Waals surface area contributed by atoms with Gasteiger partial charge in [0.1, 0.15) is 6.04 Å². The summed E-state index contributed by atoms with van der Waals surface area (Å²) in [4.78, 5) is 13.5. The van der Waals surface area contributed by atoms with E-state index in [9.17, 15) is 9.90 Å². The predicted molar refractivity (Wildman–Crippen MR) is 82.6 cm³/mol. The smallest absolute Gasteiger partial charge is 0.321 e. The Morgan fingerprint density at radius 2 is 1.86 bits per heavy atom. The van der Waals surface area contributed by atoms with E-state index >= 15 is 0 Å². The van der Waals surface area contributed by atoms with Gasteiger partial charge < -0.3 is 9.84 Å². The van der Waals surface area contributed by atoms with Gasteiger partial charge in [-0.05, 0) is 30.4 Å². The van der Waals surface area contributed by atoms with Crippen LogP contribution in [0.5, 0.6) is 0 Å². The summed E-state index contributed by atoms with van der Waals surface area (Å²) in [6.45, 7) is 4.84. The summed E-state index contributed by atoms with van der Waals surface area (Å²) >= 11 is 0. The maximum absolute atomic E-state index is 11.5. The molecule has 0 aliphatic carbocycles. The van der Waals surface area contributed by atoms with Crippen LogP contribution in [-0.4, -0.2) is 48.3 Å². The number of benzene rings is 1. The number of morpholine rings is 1. The molecule has 1 heterocycles. The number of unbranched alkanes of at least 4 members (excludes halogenated alkanes) is 1. The molecule has 21 heavy (non-hydrogen) atoms. The van der Waals surface area contributed by atoms with Gasteiger partial charge in [0.15, 0.2) is 0 Å². The molecule has 1 N–H and O–H groups in total. The molecular formula is C17H25NO3. The number of rotatable bonds is 7. The van der Waals surface area contributed by atoms with Crippen molar-refractivity contribution < 1.29 is 14.6 Å². The fourth-order valence-corrected chi connectivity index (χ4v) is 2.71. The standard InChI is InChI=1S/C17H25NO3/c1-2-3-4-14-5-7-15(8-6-14)13-16(17(19)20)18-9-11-21-12-10-18/h5-8,16H,2-4,9-13H2,1H3,(H,19,20)/t16-/m0/s1. The third kappa shape index (κ3) is 4.83. The highest BCUT2D eigenvalue weighted by atomic mass is 16.5. The van der Waals surface area contributed by atoms with Crippen LogP contribution < -0.4 is 0 Å². The monoisotopic (exact) mass is 291 g/mol. The number of aliphatic carboxylic acids is 1. The summed E-state index contributed by atoms with van der Waals surface area (Å²) < 4.78 is 5.30. The third-order valence-electron chi connectivity index (χ3n) is 4.04. The van der Waals surface area contributed by atoms with Gasteiger partial charge in [0.05, 0.1) is 13.2 Å². The molecule has 0 bridgehead atoms. The van der Waals surface area contributed by atoms with Crippen molar-refractivity contribution in [2.45, 2.75) is 38.6 Å². The SMILES string of the molecule is CCCCc1ccc(C[C@@H](C(=O)O)N2CCOCC2)cc1. The number of aryl methyl sites for hydroxylation is 1. The molecule has 0 spiro atoms. The molecule has 1 aromatic rings. The van der Waals surface area contributed by atoms with Crippen LogP contribution in [0, 0.1) is 0 Å². The second-order valence-corrected chi connectivity index (χ2v) is 5.63. The number of hydrogen-bond acceptors (Lipinski definition) is 3. The Morgan fingerprint density at radius 3 is 2.43 bits per heavy atom. The highest BCUT2D eigenvalue weighted by Crippen LogP contribution is 2.14. The first-order chi connectivity index (χ1) is 10.2. The van der Waals surface area contributed by atoms with Crippen molar-refractivity contribution in [1.82, 2.24) is 4.90 Å². The molecule has 4 nitrogen and oxygen atoms in total. The normalized spacial score (nSPS) is 17.6. The van der Waals surface area contributed by atoms with Gasteiger partial charge in [-0.2, -0.15) is 0 Å². The van der Waals surface area contributed by atoms with Crippen LogP contribution in [0.2, 0.25) is 0 Å². The third-order valence-corrected chi connectivity index (χ3v) is 4.04. The van der Waals surface area contributed by atoms with Crippen molar-refractivity contribution >= 4 is 5.97 Å². The van der Waals surface area contributed by atoms with E-state index in [1.54, 1.807) is 0 Å². The summed E-state index contributed by atoms with van der Waals surface area (Å²) in [5, 5.41) is 9.48. The number of carboxylic acid groups (broad SMARTS) is 1. The lowest BCUT2D eigenvalue weighted by Gasteiger charge is -2.32. The number of nitrogens with zero attached hydrogens (tertiary/aromatic N) is 1. The molecule has 0 saturated carbocycles. The Kier molecular flexibility index (Phi) is 6.21. The second kappa shape index (κ2) is 8.15. The lowest BCUT2D eigenvalue weighted by atomic mass is 10.0. The van der Waals surface area contributed by atoms with Gasteiger partial charge in [0.2, 0.25) is 0 Å². The zero-order valence-electron chi connectivity index (χ0n) is 12.8. The Balaban J connectivity index is 1.97. The van der Waals surface area contributed by atoms with Crippen LogP contribution in [0.15, 0.2) is 24.3 Å². The fraction of sp³-hybridized carbons (Fsp3) is 0.588. The van der Waals surface area contributed by atoms with Crippen molar-refractivity contribution in [3.05, 3.63) is 35.4 Å². The van der Waals surface area contributed by atoms with E-state index in [-0.39, 0.29) is 0 Å². The molecule has 1 aromatic carbocycles. The zero-order valence-corrected chi connectivity index (χ0v) is 12.8.